The van der Waals surface area contributed by atoms with Crippen LogP contribution in [0.5, 0.6) is 0 Å². The number of carbonyl (C=O) groups is 1. The summed E-state index contributed by atoms with van der Waals surface area (Å²) in [7, 11) is 0. The first-order chi connectivity index (χ1) is 8.38. The highest BCUT2D eigenvalue weighted by Gasteiger charge is 2.10. The zero-order chi connectivity index (χ0) is 13.6. The van der Waals surface area contributed by atoms with Crippen LogP contribution in [0.3, 0.4) is 0 Å². The molecule has 0 spiro atoms. The Morgan fingerprint density at radius 1 is 1.33 bits per heavy atom. The minimum absolute atomic E-state index is 0.0599. The van der Waals surface area contributed by atoms with Crippen LogP contribution in [0.15, 0.2) is 24.3 Å². The van der Waals surface area contributed by atoms with Crippen molar-refractivity contribution in [2.75, 3.05) is 24.3 Å². The van der Waals surface area contributed by atoms with E-state index in [1.54, 1.807) is 12.1 Å². The summed E-state index contributed by atoms with van der Waals surface area (Å²) in [6, 6.07) is 7.16. The molecule has 0 saturated carbocycles. The zero-order valence-corrected chi connectivity index (χ0v) is 11.3. The minimum Gasteiger partial charge on any atom is -0.397 e. The highest BCUT2D eigenvalue weighted by atomic mass is 16.5. The molecule has 0 fully saturated rings. The lowest BCUT2D eigenvalue weighted by Crippen LogP contribution is -2.20. The molecule has 4 nitrogen and oxygen atoms in total. The van der Waals surface area contributed by atoms with Crippen LogP contribution < -0.4 is 11.1 Å². The van der Waals surface area contributed by atoms with E-state index in [0.29, 0.717) is 18.0 Å². The van der Waals surface area contributed by atoms with Crippen LogP contribution in [0.25, 0.3) is 0 Å². The number of nitrogens with one attached hydrogen (secondary N) is 1. The second-order valence-electron chi connectivity index (χ2n) is 5.50. The number of ether oxygens (including phenoxy) is 1. The fraction of sp³-hybridized carbons (Fsp3) is 0.500. The van der Waals surface area contributed by atoms with Gasteiger partial charge in [0.25, 0.3) is 0 Å². The maximum absolute atomic E-state index is 11.6. The highest BCUT2D eigenvalue weighted by Crippen LogP contribution is 2.18. The van der Waals surface area contributed by atoms with Crippen LogP contribution >= 0.6 is 0 Å². The van der Waals surface area contributed by atoms with E-state index in [9.17, 15) is 4.79 Å². The summed E-state index contributed by atoms with van der Waals surface area (Å²) in [5.41, 5.74) is 7.13. The summed E-state index contributed by atoms with van der Waals surface area (Å²) in [6.07, 6.45) is 0.924. The van der Waals surface area contributed by atoms with Crippen molar-refractivity contribution in [2.45, 2.75) is 27.2 Å². The van der Waals surface area contributed by atoms with Crippen molar-refractivity contribution < 1.29 is 9.53 Å². The van der Waals surface area contributed by atoms with E-state index in [4.69, 9.17) is 10.5 Å². The van der Waals surface area contributed by atoms with Crippen molar-refractivity contribution in [3.63, 3.8) is 0 Å². The maximum Gasteiger partial charge on any atom is 0.250 e. The molecule has 1 aromatic carbocycles. The van der Waals surface area contributed by atoms with Crippen molar-refractivity contribution in [3.05, 3.63) is 24.3 Å². The van der Waals surface area contributed by atoms with Gasteiger partial charge in [-0.25, -0.2) is 0 Å². The molecule has 0 heterocycles. The number of hydrogen-bond acceptors (Lipinski definition) is 3. The van der Waals surface area contributed by atoms with Crippen molar-refractivity contribution in [1.82, 2.24) is 0 Å². The molecule has 0 unspecified atom stereocenters. The third-order valence-electron chi connectivity index (χ3n) is 2.46. The van der Waals surface area contributed by atoms with E-state index in [0.717, 1.165) is 6.42 Å². The van der Waals surface area contributed by atoms with E-state index >= 15 is 0 Å². The standard InChI is InChI=1S/C14H22N2O2/c1-14(2,3)8-9-18-10-13(17)16-12-7-5-4-6-11(12)15/h4-7H,8-10,15H2,1-3H3,(H,16,17). The molecule has 0 bridgehead atoms. The van der Waals surface area contributed by atoms with Crippen LogP contribution in [0, 0.1) is 5.41 Å². The summed E-state index contributed by atoms with van der Waals surface area (Å²) in [4.78, 5) is 11.6. The highest BCUT2D eigenvalue weighted by molar-refractivity contribution is 5.94. The van der Waals surface area contributed by atoms with Crippen LogP contribution in [0.1, 0.15) is 27.2 Å². The monoisotopic (exact) mass is 250 g/mol. The molecule has 1 aromatic rings. The summed E-state index contributed by atoms with van der Waals surface area (Å²) in [5, 5.41) is 2.72. The molecule has 0 aromatic heterocycles. The molecule has 1 amide bonds. The Balaban J connectivity index is 2.29. The summed E-state index contributed by atoms with van der Waals surface area (Å²) in [5.74, 6) is -0.179. The van der Waals surface area contributed by atoms with Crippen LogP contribution in [-0.4, -0.2) is 19.1 Å². The Labute approximate surface area is 109 Å². The van der Waals surface area contributed by atoms with Gasteiger partial charge in [0.05, 0.1) is 11.4 Å². The number of rotatable bonds is 5. The smallest absolute Gasteiger partial charge is 0.250 e. The van der Waals surface area contributed by atoms with Crippen LogP contribution in [-0.2, 0) is 9.53 Å². The van der Waals surface area contributed by atoms with Gasteiger partial charge in [0, 0.05) is 6.61 Å². The number of carbonyl (C=O) groups excluding carboxylic acids is 1. The summed E-state index contributed by atoms with van der Waals surface area (Å²) >= 11 is 0. The average Bonchev–Trinajstić information content (AvgIpc) is 2.26. The normalized spacial score (nSPS) is 11.3. The lowest BCUT2D eigenvalue weighted by atomic mass is 9.93. The molecule has 0 aliphatic rings. The van der Waals surface area contributed by atoms with Gasteiger partial charge < -0.3 is 15.8 Å². The number of anilines is 2. The SMILES string of the molecule is CC(C)(C)CCOCC(=O)Nc1ccccc1N. The topological polar surface area (TPSA) is 64.3 Å². The molecular weight excluding hydrogens is 228 g/mol. The van der Waals surface area contributed by atoms with Gasteiger partial charge in [-0.05, 0) is 24.0 Å². The fourth-order valence-corrected chi connectivity index (χ4v) is 1.34. The van der Waals surface area contributed by atoms with Gasteiger partial charge in [0.1, 0.15) is 6.61 Å². The van der Waals surface area contributed by atoms with E-state index in [2.05, 4.69) is 26.1 Å². The summed E-state index contributed by atoms with van der Waals surface area (Å²) in [6.45, 7) is 7.06. The Bertz CT molecular complexity index is 397. The van der Waals surface area contributed by atoms with E-state index in [1.807, 2.05) is 12.1 Å². The van der Waals surface area contributed by atoms with Gasteiger partial charge in [-0.15, -0.1) is 0 Å². The molecule has 0 atom stereocenters. The predicted octanol–water partition coefficient (Wildman–Crippen LogP) is 2.66. The number of benzene rings is 1. The van der Waals surface area contributed by atoms with Gasteiger partial charge >= 0.3 is 0 Å². The third-order valence-corrected chi connectivity index (χ3v) is 2.46. The zero-order valence-electron chi connectivity index (χ0n) is 11.3. The molecular formula is C14H22N2O2. The van der Waals surface area contributed by atoms with E-state index in [1.165, 1.54) is 0 Å². The Morgan fingerprint density at radius 3 is 2.61 bits per heavy atom. The first kappa shape index (κ1) is 14.5. The number of hydrogen-bond donors (Lipinski definition) is 2. The van der Waals surface area contributed by atoms with Gasteiger partial charge in [-0.2, -0.15) is 0 Å². The average molecular weight is 250 g/mol. The molecule has 0 aliphatic heterocycles. The largest absolute Gasteiger partial charge is 0.397 e. The van der Waals surface area contributed by atoms with Crippen LogP contribution in [0.2, 0.25) is 0 Å². The predicted molar refractivity (Wildman–Crippen MR) is 74.4 cm³/mol. The summed E-state index contributed by atoms with van der Waals surface area (Å²) < 4.78 is 5.33. The lowest BCUT2D eigenvalue weighted by molar-refractivity contribution is -0.120. The quantitative estimate of drug-likeness (QED) is 0.623. The second kappa shape index (κ2) is 6.40. The fourth-order valence-electron chi connectivity index (χ4n) is 1.34. The lowest BCUT2D eigenvalue weighted by Gasteiger charge is -2.17. The third kappa shape index (κ3) is 5.68. The molecule has 0 radical (unpaired) electrons. The number of nitrogens with two attached hydrogens (primary N) is 1. The van der Waals surface area contributed by atoms with E-state index in [-0.39, 0.29) is 17.9 Å². The minimum atomic E-state index is -0.179. The number of amides is 1. The molecule has 4 heteroatoms. The number of para-hydroxylation sites is 2. The Hall–Kier alpha value is -1.55. The maximum atomic E-state index is 11.6. The van der Waals surface area contributed by atoms with Gasteiger partial charge in [0.2, 0.25) is 5.91 Å². The van der Waals surface area contributed by atoms with Crippen molar-refractivity contribution in [3.8, 4) is 0 Å². The van der Waals surface area contributed by atoms with Gasteiger partial charge in [0.15, 0.2) is 0 Å². The first-order valence-electron chi connectivity index (χ1n) is 6.10. The Morgan fingerprint density at radius 2 is 2.00 bits per heavy atom. The first-order valence-corrected chi connectivity index (χ1v) is 6.10. The second-order valence-corrected chi connectivity index (χ2v) is 5.50. The molecule has 3 N–H and O–H groups in total. The molecule has 1 rings (SSSR count). The van der Waals surface area contributed by atoms with Crippen molar-refractivity contribution >= 4 is 17.3 Å². The Kier molecular flexibility index (Phi) is 5.16. The van der Waals surface area contributed by atoms with Gasteiger partial charge in [-0.1, -0.05) is 32.9 Å². The van der Waals surface area contributed by atoms with E-state index < -0.39 is 0 Å². The number of nitrogen functional groups attached to an aromatic ring is 1. The molecule has 0 aliphatic carbocycles. The van der Waals surface area contributed by atoms with Crippen molar-refractivity contribution in [2.24, 2.45) is 5.41 Å². The van der Waals surface area contributed by atoms with Crippen LogP contribution in [0.4, 0.5) is 11.4 Å². The molecule has 18 heavy (non-hydrogen) atoms. The molecule has 100 valence electrons. The van der Waals surface area contributed by atoms with Gasteiger partial charge in [-0.3, -0.25) is 4.79 Å². The molecule has 0 saturated heterocycles. The van der Waals surface area contributed by atoms with Crippen molar-refractivity contribution in [1.29, 1.82) is 0 Å².